The van der Waals surface area contributed by atoms with Crippen molar-refractivity contribution in [1.29, 1.82) is 0 Å². The molecule has 0 unspecified atom stereocenters. The summed E-state index contributed by atoms with van der Waals surface area (Å²) in [7, 11) is 0. The Morgan fingerprint density at radius 1 is 0.800 bits per heavy atom. The molecule has 30 heavy (non-hydrogen) atoms. The first-order valence-corrected chi connectivity index (χ1v) is 10.3. The number of nitrogens with one attached hydrogen (secondary N) is 1. The van der Waals surface area contributed by atoms with Gasteiger partial charge >= 0.3 is 12.1 Å². The van der Waals surface area contributed by atoms with E-state index < -0.39 is 23.3 Å². The Balaban J connectivity index is 2.11. The fraction of sp³-hybridized carbons (Fsp3) is 0.440. The van der Waals surface area contributed by atoms with Crippen molar-refractivity contribution in [2.45, 2.75) is 71.6 Å². The molecule has 0 radical (unpaired) electrons. The van der Waals surface area contributed by atoms with Crippen LogP contribution in [-0.2, 0) is 20.7 Å². The van der Waals surface area contributed by atoms with Crippen LogP contribution in [0.2, 0.25) is 0 Å². The number of carbonyl (C=O) groups is 2. The standard InChI is InChI=1S/C25H33NO4/c1-24(2,3)29-22(27)17-21(26-23(28)30-25(4,5)6)16-18-12-14-20(15-13-18)19-10-8-7-9-11-19/h7-15,21H,16-17H2,1-6H3,(H,26,28)/t21-/m1/s1. The van der Waals surface area contributed by atoms with Crippen molar-refractivity contribution >= 4 is 12.1 Å². The highest BCUT2D eigenvalue weighted by Crippen LogP contribution is 2.20. The minimum absolute atomic E-state index is 0.0664. The maximum absolute atomic E-state index is 12.4. The van der Waals surface area contributed by atoms with Crippen LogP contribution in [0.1, 0.15) is 53.5 Å². The van der Waals surface area contributed by atoms with E-state index in [0.29, 0.717) is 6.42 Å². The molecular formula is C25H33NO4. The molecule has 2 aromatic carbocycles. The van der Waals surface area contributed by atoms with Gasteiger partial charge in [-0.15, -0.1) is 0 Å². The van der Waals surface area contributed by atoms with Crippen LogP contribution in [0.5, 0.6) is 0 Å². The number of ether oxygens (including phenoxy) is 2. The van der Waals surface area contributed by atoms with Crippen molar-refractivity contribution in [3.63, 3.8) is 0 Å². The fourth-order valence-electron chi connectivity index (χ4n) is 2.98. The molecule has 162 valence electrons. The highest BCUT2D eigenvalue weighted by Gasteiger charge is 2.24. The van der Waals surface area contributed by atoms with Crippen molar-refractivity contribution in [2.75, 3.05) is 0 Å². The summed E-state index contributed by atoms with van der Waals surface area (Å²) in [5, 5.41) is 2.82. The first-order chi connectivity index (χ1) is 13.9. The largest absolute Gasteiger partial charge is 0.460 e. The lowest BCUT2D eigenvalue weighted by molar-refractivity contribution is -0.155. The first kappa shape index (κ1) is 23.5. The van der Waals surface area contributed by atoms with Crippen molar-refractivity contribution in [3.05, 3.63) is 60.2 Å². The van der Waals surface area contributed by atoms with Gasteiger partial charge in [0.25, 0.3) is 0 Å². The molecule has 0 aliphatic heterocycles. The van der Waals surface area contributed by atoms with Crippen molar-refractivity contribution in [1.82, 2.24) is 5.32 Å². The van der Waals surface area contributed by atoms with E-state index in [1.807, 2.05) is 63.2 Å². The summed E-state index contributed by atoms with van der Waals surface area (Å²) in [6.45, 7) is 10.9. The van der Waals surface area contributed by atoms with Gasteiger partial charge in [-0.05, 0) is 64.7 Å². The van der Waals surface area contributed by atoms with Crippen molar-refractivity contribution in [3.8, 4) is 11.1 Å². The molecule has 0 fully saturated rings. The van der Waals surface area contributed by atoms with Gasteiger partial charge in [0.2, 0.25) is 0 Å². The molecule has 5 heteroatoms. The summed E-state index contributed by atoms with van der Waals surface area (Å²) in [5.41, 5.74) is 2.08. The summed E-state index contributed by atoms with van der Waals surface area (Å²) in [5.74, 6) is -0.357. The van der Waals surface area contributed by atoms with Crippen LogP contribution in [0, 0.1) is 0 Å². The Morgan fingerprint density at radius 3 is 1.87 bits per heavy atom. The summed E-state index contributed by atoms with van der Waals surface area (Å²) < 4.78 is 10.8. The molecule has 0 aliphatic carbocycles. The number of hydrogen-bond donors (Lipinski definition) is 1. The van der Waals surface area contributed by atoms with Gasteiger partial charge in [0.1, 0.15) is 11.2 Å². The Kier molecular flexibility index (Phi) is 7.65. The quantitative estimate of drug-likeness (QED) is 0.636. The maximum Gasteiger partial charge on any atom is 0.407 e. The van der Waals surface area contributed by atoms with E-state index in [0.717, 1.165) is 16.7 Å². The smallest absolute Gasteiger partial charge is 0.407 e. The highest BCUT2D eigenvalue weighted by molar-refractivity contribution is 5.73. The zero-order chi connectivity index (χ0) is 22.4. The van der Waals surface area contributed by atoms with Gasteiger partial charge in [-0.25, -0.2) is 4.79 Å². The van der Waals surface area contributed by atoms with Gasteiger partial charge in [-0.2, -0.15) is 0 Å². The number of hydrogen-bond acceptors (Lipinski definition) is 4. The summed E-state index contributed by atoms with van der Waals surface area (Å²) in [4.78, 5) is 24.6. The third-order valence-corrected chi connectivity index (χ3v) is 4.10. The Hall–Kier alpha value is -2.82. The van der Waals surface area contributed by atoms with Crippen molar-refractivity contribution < 1.29 is 19.1 Å². The Bertz CT molecular complexity index is 800. The lowest BCUT2D eigenvalue weighted by atomic mass is 9.99. The predicted octanol–water partition coefficient (Wildman–Crippen LogP) is 5.52. The first-order valence-electron chi connectivity index (χ1n) is 10.3. The molecule has 1 atom stereocenters. The van der Waals surface area contributed by atoms with Crippen LogP contribution >= 0.6 is 0 Å². The number of carbonyl (C=O) groups excluding carboxylic acids is 2. The topological polar surface area (TPSA) is 64.6 Å². The number of alkyl carbamates (subject to hydrolysis) is 1. The molecule has 0 bridgehead atoms. The SMILES string of the molecule is CC(C)(C)OC(=O)C[C@@H](Cc1ccc(-c2ccccc2)cc1)NC(=O)OC(C)(C)C. The van der Waals surface area contributed by atoms with Crippen LogP contribution in [0.25, 0.3) is 11.1 Å². The van der Waals surface area contributed by atoms with Gasteiger partial charge in [0, 0.05) is 6.04 Å². The monoisotopic (exact) mass is 411 g/mol. The average Bonchev–Trinajstić information content (AvgIpc) is 2.59. The second-order valence-corrected chi connectivity index (χ2v) is 9.40. The zero-order valence-electron chi connectivity index (χ0n) is 18.8. The molecule has 0 saturated carbocycles. The lowest BCUT2D eigenvalue weighted by Crippen LogP contribution is -2.42. The molecule has 1 amide bonds. The van der Waals surface area contributed by atoms with Gasteiger partial charge in [0.05, 0.1) is 6.42 Å². The molecule has 1 N–H and O–H groups in total. The zero-order valence-corrected chi connectivity index (χ0v) is 18.8. The van der Waals surface area contributed by atoms with E-state index >= 15 is 0 Å². The van der Waals surface area contributed by atoms with Gasteiger partial charge in [-0.3, -0.25) is 4.79 Å². The molecule has 5 nitrogen and oxygen atoms in total. The van der Waals surface area contributed by atoms with E-state index in [-0.39, 0.29) is 12.4 Å². The number of rotatable bonds is 6. The second kappa shape index (κ2) is 9.79. The molecular weight excluding hydrogens is 378 g/mol. The normalized spacial score (nSPS) is 12.7. The van der Waals surface area contributed by atoms with Gasteiger partial charge < -0.3 is 14.8 Å². The number of amides is 1. The van der Waals surface area contributed by atoms with E-state index in [9.17, 15) is 9.59 Å². The van der Waals surface area contributed by atoms with Crippen LogP contribution in [0.4, 0.5) is 4.79 Å². The third kappa shape index (κ3) is 8.68. The van der Waals surface area contributed by atoms with E-state index in [4.69, 9.17) is 9.47 Å². The van der Waals surface area contributed by atoms with Crippen LogP contribution in [-0.4, -0.2) is 29.3 Å². The molecule has 0 heterocycles. The lowest BCUT2D eigenvalue weighted by Gasteiger charge is -2.25. The molecule has 0 spiro atoms. The number of benzene rings is 2. The Labute approximate surface area is 179 Å². The minimum atomic E-state index is -0.613. The Morgan fingerprint density at radius 2 is 1.33 bits per heavy atom. The van der Waals surface area contributed by atoms with E-state index in [1.165, 1.54) is 0 Å². The van der Waals surface area contributed by atoms with Crippen molar-refractivity contribution in [2.24, 2.45) is 0 Å². The van der Waals surface area contributed by atoms with E-state index in [1.54, 1.807) is 20.8 Å². The summed E-state index contributed by atoms with van der Waals surface area (Å²) in [6.07, 6.45) is 0.0155. The molecule has 2 rings (SSSR count). The van der Waals surface area contributed by atoms with Gasteiger partial charge in [-0.1, -0.05) is 54.6 Å². The molecule has 0 saturated heterocycles. The summed E-state index contributed by atoms with van der Waals surface area (Å²) >= 11 is 0. The van der Waals surface area contributed by atoms with E-state index in [2.05, 4.69) is 17.4 Å². The fourth-order valence-corrected chi connectivity index (χ4v) is 2.98. The predicted molar refractivity (Wildman–Crippen MR) is 119 cm³/mol. The molecule has 0 aliphatic rings. The third-order valence-electron chi connectivity index (χ3n) is 4.10. The van der Waals surface area contributed by atoms with Gasteiger partial charge in [0.15, 0.2) is 0 Å². The molecule has 0 aromatic heterocycles. The minimum Gasteiger partial charge on any atom is -0.460 e. The second-order valence-electron chi connectivity index (χ2n) is 9.40. The van der Waals surface area contributed by atoms with Crippen LogP contribution < -0.4 is 5.32 Å². The number of esters is 1. The van der Waals surface area contributed by atoms with Crippen LogP contribution in [0.15, 0.2) is 54.6 Å². The molecule has 2 aromatic rings. The van der Waals surface area contributed by atoms with Crippen LogP contribution in [0.3, 0.4) is 0 Å². The highest BCUT2D eigenvalue weighted by atomic mass is 16.6. The maximum atomic E-state index is 12.4. The average molecular weight is 412 g/mol. The summed E-state index contributed by atoms with van der Waals surface area (Å²) in [6, 6.07) is 17.8.